The Morgan fingerprint density at radius 2 is 2.09 bits per heavy atom. The van der Waals surface area contributed by atoms with E-state index in [1.165, 1.54) is 25.7 Å². The van der Waals surface area contributed by atoms with Crippen molar-refractivity contribution in [2.24, 2.45) is 5.41 Å². The van der Waals surface area contributed by atoms with Crippen LogP contribution >= 0.6 is 23.4 Å². The summed E-state index contributed by atoms with van der Waals surface area (Å²) in [6.07, 6.45) is 8.19. The number of aliphatic hydroxyl groups is 1. The maximum absolute atomic E-state index is 12.8. The van der Waals surface area contributed by atoms with Gasteiger partial charge in [-0.3, -0.25) is 15.0 Å². The number of benzene rings is 1. The van der Waals surface area contributed by atoms with Crippen LogP contribution in [0.2, 0.25) is 5.02 Å². The third-order valence-corrected chi connectivity index (χ3v) is 9.42. The van der Waals surface area contributed by atoms with E-state index >= 15 is 0 Å². The Hall–Kier alpha value is -1.58. The molecular formula is C26H36ClN3O4S. The second kappa shape index (κ2) is 12.1. The van der Waals surface area contributed by atoms with Crippen LogP contribution in [0.5, 0.6) is 5.75 Å². The quantitative estimate of drug-likeness (QED) is 0.300. The second-order valence-corrected chi connectivity index (χ2v) is 11.6. The molecule has 2 aromatic rings. The average molecular weight is 522 g/mol. The maximum Gasteiger partial charge on any atom is 0.249 e. The first-order chi connectivity index (χ1) is 17.0. The molecule has 1 saturated heterocycles. The van der Waals surface area contributed by atoms with Crippen molar-refractivity contribution in [1.82, 2.24) is 15.4 Å². The van der Waals surface area contributed by atoms with Crippen molar-refractivity contribution in [1.29, 1.82) is 0 Å². The summed E-state index contributed by atoms with van der Waals surface area (Å²) in [7, 11) is 1.59. The van der Waals surface area contributed by atoms with E-state index in [0.717, 1.165) is 41.5 Å². The molecule has 1 amide bonds. The number of piperidine rings is 1. The van der Waals surface area contributed by atoms with Crippen molar-refractivity contribution in [3.8, 4) is 5.75 Å². The van der Waals surface area contributed by atoms with Gasteiger partial charge >= 0.3 is 0 Å². The Kier molecular flexibility index (Phi) is 9.16. The highest BCUT2D eigenvalue weighted by Crippen LogP contribution is 2.41. The number of hydrogen-bond donors (Lipinski definition) is 3. The highest BCUT2D eigenvalue weighted by Gasteiger charge is 2.41. The van der Waals surface area contributed by atoms with Gasteiger partial charge in [-0.2, -0.15) is 11.8 Å². The summed E-state index contributed by atoms with van der Waals surface area (Å²) in [4.78, 5) is 19.6. The number of ether oxygens (including phenoxy) is 1. The second-order valence-electron chi connectivity index (χ2n) is 9.80. The molecule has 3 N–H and O–H groups in total. The van der Waals surface area contributed by atoms with Crippen molar-refractivity contribution >= 4 is 40.2 Å². The minimum absolute atomic E-state index is 0.348. The van der Waals surface area contributed by atoms with Gasteiger partial charge in [-0.15, -0.1) is 0 Å². The van der Waals surface area contributed by atoms with Crippen molar-refractivity contribution in [3.05, 3.63) is 35.0 Å². The molecule has 1 aromatic heterocycles. The van der Waals surface area contributed by atoms with Gasteiger partial charge < -0.3 is 14.7 Å². The molecule has 9 heteroatoms. The lowest BCUT2D eigenvalue weighted by Crippen LogP contribution is -2.48. The lowest BCUT2D eigenvalue weighted by Gasteiger charge is -2.40. The molecular weight excluding hydrogens is 486 g/mol. The molecule has 1 aromatic carbocycles. The van der Waals surface area contributed by atoms with E-state index in [4.69, 9.17) is 16.3 Å². The SMILES string of the molecule is COc1ccc2ncc(Cl)c(C(O)CCC3(C(=O)NO)CCN(CCSC4CCCC4)CC3)c2c1. The van der Waals surface area contributed by atoms with Gasteiger partial charge in [-0.25, -0.2) is 5.48 Å². The number of pyridine rings is 1. The van der Waals surface area contributed by atoms with Gasteiger partial charge in [0.05, 0.1) is 29.2 Å². The number of halogens is 1. The fourth-order valence-corrected chi connectivity index (χ4v) is 7.15. The van der Waals surface area contributed by atoms with E-state index in [1.807, 2.05) is 23.7 Å². The summed E-state index contributed by atoms with van der Waals surface area (Å²) >= 11 is 8.55. The van der Waals surface area contributed by atoms with Gasteiger partial charge in [-0.1, -0.05) is 24.4 Å². The van der Waals surface area contributed by atoms with Crippen LogP contribution < -0.4 is 10.2 Å². The molecule has 2 aliphatic rings. The number of carbonyl (C=O) groups is 1. The highest BCUT2D eigenvalue weighted by molar-refractivity contribution is 7.99. The topological polar surface area (TPSA) is 94.9 Å². The van der Waals surface area contributed by atoms with Crippen molar-refractivity contribution in [3.63, 3.8) is 0 Å². The van der Waals surface area contributed by atoms with Crippen LogP contribution in [-0.2, 0) is 4.79 Å². The zero-order valence-electron chi connectivity index (χ0n) is 20.3. The minimum atomic E-state index is -0.871. The summed E-state index contributed by atoms with van der Waals surface area (Å²) in [5.41, 5.74) is 2.50. The first kappa shape index (κ1) is 26.5. The first-order valence-corrected chi connectivity index (χ1v) is 14.0. The number of aliphatic hydroxyl groups excluding tert-OH is 1. The first-order valence-electron chi connectivity index (χ1n) is 12.5. The maximum atomic E-state index is 12.8. The van der Waals surface area contributed by atoms with Crippen LogP contribution in [0.15, 0.2) is 24.4 Å². The Morgan fingerprint density at radius 3 is 2.77 bits per heavy atom. The van der Waals surface area contributed by atoms with E-state index in [9.17, 15) is 15.1 Å². The number of carbonyl (C=O) groups excluding carboxylic acids is 1. The fourth-order valence-electron chi connectivity index (χ4n) is 5.51. The number of amides is 1. The largest absolute Gasteiger partial charge is 0.497 e. The molecule has 4 rings (SSSR count). The molecule has 35 heavy (non-hydrogen) atoms. The van der Waals surface area contributed by atoms with E-state index in [2.05, 4.69) is 21.6 Å². The van der Waals surface area contributed by atoms with Crippen LogP contribution in [0.25, 0.3) is 10.9 Å². The number of methoxy groups -OCH3 is 1. The summed E-state index contributed by atoms with van der Waals surface area (Å²) in [6, 6.07) is 5.48. The third kappa shape index (κ3) is 6.23. The Bertz CT molecular complexity index is 1010. The Balaban J connectivity index is 1.40. The van der Waals surface area contributed by atoms with Crippen molar-refractivity contribution < 1.29 is 19.8 Å². The van der Waals surface area contributed by atoms with Crippen LogP contribution in [0.3, 0.4) is 0 Å². The van der Waals surface area contributed by atoms with Gasteiger partial charge in [-0.05, 0) is 69.8 Å². The molecule has 7 nitrogen and oxygen atoms in total. The lowest BCUT2D eigenvalue weighted by atomic mass is 9.73. The van der Waals surface area contributed by atoms with Crippen molar-refractivity contribution in [2.45, 2.75) is 62.7 Å². The Morgan fingerprint density at radius 1 is 1.34 bits per heavy atom. The number of aromatic nitrogens is 1. The highest BCUT2D eigenvalue weighted by atomic mass is 35.5. The van der Waals surface area contributed by atoms with E-state index < -0.39 is 11.5 Å². The smallest absolute Gasteiger partial charge is 0.249 e. The number of thioether (sulfide) groups is 1. The number of fused-ring (bicyclic) bond motifs is 1. The zero-order chi connectivity index (χ0) is 24.8. The van der Waals surface area contributed by atoms with Crippen molar-refractivity contribution in [2.75, 3.05) is 32.5 Å². The molecule has 1 atom stereocenters. The van der Waals surface area contributed by atoms with Gasteiger partial charge in [0.15, 0.2) is 0 Å². The zero-order valence-corrected chi connectivity index (χ0v) is 21.9. The van der Waals surface area contributed by atoms with E-state index in [-0.39, 0.29) is 5.91 Å². The number of nitrogens with zero attached hydrogens (tertiary/aromatic N) is 2. The van der Waals surface area contributed by atoms with Crippen LogP contribution in [0, 0.1) is 5.41 Å². The molecule has 1 unspecified atom stereocenters. The molecule has 192 valence electrons. The summed E-state index contributed by atoms with van der Waals surface area (Å²) < 4.78 is 5.34. The van der Waals surface area contributed by atoms with Crippen LogP contribution in [0.1, 0.15) is 63.0 Å². The standard InChI is InChI=1S/C26H36ClN3O4S/c1-34-18-6-7-22-20(16-18)24(21(27)17-28-22)23(31)8-9-26(25(32)29-33)10-12-30(13-11-26)14-15-35-19-4-2-3-5-19/h6-7,16-17,19,23,31,33H,2-5,8-15H2,1H3,(H,29,32). The lowest BCUT2D eigenvalue weighted by molar-refractivity contribution is -0.143. The predicted octanol–water partition coefficient (Wildman–Crippen LogP) is 4.97. The van der Waals surface area contributed by atoms with E-state index in [1.54, 1.807) is 13.3 Å². The molecule has 0 spiro atoms. The van der Waals surface area contributed by atoms with Gasteiger partial charge in [0.25, 0.3) is 0 Å². The molecule has 2 heterocycles. The van der Waals surface area contributed by atoms with Crippen LogP contribution in [-0.4, -0.2) is 63.9 Å². The molecule has 0 radical (unpaired) electrons. The van der Waals surface area contributed by atoms with Crippen LogP contribution in [0.4, 0.5) is 0 Å². The summed E-state index contributed by atoms with van der Waals surface area (Å²) in [5, 5.41) is 22.6. The molecule has 2 fully saturated rings. The fraction of sp³-hybridized carbons (Fsp3) is 0.615. The summed E-state index contributed by atoms with van der Waals surface area (Å²) in [6.45, 7) is 2.65. The number of nitrogens with one attached hydrogen (secondary N) is 1. The summed E-state index contributed by atoms with van der Waals surface area (Å²) in [5.74, 6) is 1.42. The van der Waals surface area contributed by atoms with Gasteiger partial charge in [0.2, 0.25) is 5.91 Å². The number of rotatable bonds is 10. The minimum Gasteiger partial charge on any atom is -0.497 e. The monoisotopic (exact) mass is 521 g/mol. The Labute approximate surface area is 216 Å². The van der Waals surface area contributed by atoms with Gasteiger partial charge in [0, 0.05) is 34.7 Å². The molecule has 0 bridgehead atoms. The van der Waals surface area contributed by atoms with E-state index in [0.29, 0.717) is 42.0 Å². The molecule has 1 aliphatic heterocycles. The normalized spacial score (nSPS) is 19.7. The number of hydrogen-bond acceptors (Lipinski definition) is 7. The molecule has 1 saturated carbocycles. The predicted molar refractivity (Wildman–Crippen MR) is 140 cm³/mol. The molecule has 1 aliphatic carbocycles. The number of hydroxylamine groups is 1. The average Bonchev–Trinajstić information content (AvgIpc) is 3.40. The van der Waals surface area contributed by atoms with Gasteiger partial charge in [0.1, 0.15) is 5.75 Å². The number of likely N-dealkylation sites (tertiary alicyclic amines) is 1. The third-order valence-electron chi connectivity index (χ3n) is 7.76.